The van der Waals surface area contributed by atoms with Crippen molar-refractivity contribution in [3.8, 4) is 0 Å². The van der Waals surface area contributed by atoms with Crippen molar-refractivity contribution in [1.29, 1.82) is 0 Å². The molecule has 2 aliphatic rings. The Kier molecular flexibility index (Phi) is 7.02. The first kappa shape index (κ1) is 23.0. The van der Waals surface area contributed by atoms with Crippen LogP contribution in [0.3, 0.4) is 0 Å². The Bertz CT molecular complexity index is 1040. The van der Waals surface area contributed by atoms with E-state index >= 15 is 0 Å². The van der Waals surface area contributed by atoms with E-state index in [0.29, 0.717) is 19.6 Å². The topological polar surface area (TPSA) is 82.9 Å². The molecule has 0 spiro atoms. The van der Waals surface area contributed by atoms with E-state index in [1.54, 1.807) is 6.92 Å². The highest BCUT2D eigenvalue weighted by atomic mass is 32.2. The quantitative estimate of drug-likeness (QED) is 0.685. The van der Waals surface area contributed by atoms with Gasteiger partial charge in [-0.15, -0.1) is 0 Å². The zero-order valence-corrected chi connectivity index (χ0v) is 19.8. The van der Waals surface area contributed by atoms with Gasteiger partial charge in [0.25, 0.3) is 5.91 Å². The van der Waals surface area contributed by atoms with Crippen LogP contribution in [0.5, 0.6) is 0 Å². The monoisotopic (exact) mass is 459 g/mol. The molecule has 1 aromatic carbocycles. The zero-order chi connectivity index (χ0) is 22.7. The predicted octanol–water partition coefficient (Wildman–Crippen LogP) is 3.53. The number of hydrogen-bond acceptors (Lipinski definition) is 5. The fourth-order valence-electron chi connectivity index (χ4n) is 4.62. The number of amides is 1. The molecule has 4 rings (SSSR count). The zero-order valence-electron chi connectivity index (χ0n) is 19.0. The number of nitrogens with one attached hydrogen (secondary N) is 1. The molecule has 7 nitrogen and oxygen atoms in total. The Balaban J connectivity index is 1.34. The largest absolute Gasteiger partial charge is 0.455 e. The number of piperidine rings is 1. The Labute approximate surface area is 190 Å². The molecule has 2 aliphatic heterocycles. The number of benzene rings is 1. The molecule has 1 unspecified atom stereocenters. The Morgan fingerprint density at radius 3 is 2.47 bits per heavy atom. The average Bonchev–Trinajstić information content (AvgIpc) is 3.44. The lowest BCUT2D eigenvalue weighted by molar-refractivity contribution is 0.0922. The molecule has 32 heavy (non-hydrogen) atoms. The summed E-state index contributed by atoms with van der Waals surface area (Å²) in [5, 5.41) is 2.83. The number of sulfonamides is 1. The molecule has 1 amide bonds. The Morgan fingerprint density at radius 1 is 1.09 bits per heavy atom. The van der Waals surface area contributed by atoms with Gasteiger partial charge in [-0.25, -0.2) is 8.42 Å². The van der Waals surface area contributed by atoms with E-state index in [0.717, 1.165) is 44.0 Å². The number of hydrogen-bond donors (Lipinski definition) is 1. The summed E-state index contributed by atoms with van der Waals surface area (Å²) in [5.41, 5.74) is 2.26. The molecule has 2 aromatic rings. The molecule has 1 atom stereocenters. The molecule has 174 valence electrons. The fraction of sp³-hybridized carbons (Fsp3) is 0.542. The summed E-state index contributed by atoms with van der Waals surface area (Å²) in [6.07, 6.45) is 4.30. The van der Waals surface area contributed by atoms with Crippen LogP contribution in [0, 0.1) is 12.8 Å². The van der Waals surface area contributed by atoms with E-state index in [1.807, 2.05) is 12.1 Å². The number of likely N-dealkylation sites (tertiary alicyclic amines) is 1. The van der Waals surface area contributed by atoms with Crippen molar-refractivity contribution < 1.29 is 17.6 Å². The lowest BCUT2D eigenvalue weighted by Gasteiger charge is -2.30. The van der Waals surface area contributed by atoms with Crippen LogP contribution in [0.25, 0.3) is 0 Å². The number of furan rings is 1. The summed E-state index contributed by atoms with van der Waals surface area (Å²) in [6, 6.07) is 9.62. The second kappa shape index (κ2) is 9.77. The lowest BCUT2D eigenvalue weighted by atomic mass is 9.99. The van der Waals surface area contributed by atoms with Crippen molar-refractivity contribution in [3.63, 3.8) is 0 Å². The van der Waals surface area contributed by atoms with Crippen molar-refractivity contribution >= 4 is 15.9 Å². The molecular formula is C24H33N3O4S. The van der Waals surface area contributed by atoms with Gasteiger partial charge in [0.05, 0.1) is 0 Å². The molecule has 3 heterocycles. The molecule has 8 heteroatoms. The number of carbonyl (C=O) groups excluding carboxylic acids is 1. The van der Waals surface area contributed by atoms with E-state index < -0.39 is 15.9 Å². The van der Waals surface area contributed by atoms with Gasteiger partial charge in [-0.05, 0) is 56.2 Å². The van der Waals surface area contributed by atoms with Crippen LogP contribution in [0.4, 0.5) is 0 Å². The van der Waals surface area contributed by atoms with E-state index in [9.17, 15) is 13.2 Å². The van der Waals surface area contributed by atoms with Crippen molar-refractivity contribution in [1.82, 2.24) is 14.5 Å². The van der Waals surface area contributed by atoms with E-state index in [2.05, 4.69) is 29.3 Å². The first-order valence-electron chi connectivity index (χ1n) is 11.5. The Hall–Kier alpha value is -2.16. The van der Waals surface area contributed by atoms with E-state index in [4.69, 9.17) is 4.42 Å². The maximum Gasteiger partial charge on any atom is 0.287 e. The van der Waals surface area contributed by atoms with Crippen LogP contribution >= 0.6 is 0 Å². The minimum absolute atomic E-state index is 0.0242. The van der Waals surface area contributed by atoms with Gasteiger partial charge >= 0.3 is 0 Å². The van der Waals surface area contributed by atoms with Gasteiger partial charge in [0, 0.05) is 38.8 Å². The van der Waals surface area contributed by atoms with Crippen LogP contribution in [0.1, 0.15) is 60.0 Å². The molecule has 0 radical (unpaired) electrons. The van der Waals surface area contributed by atoms with Crippen molar-refractivity contribution in [2.75, 3.05) is 26.2 Å². The first-order chi connectivity index (χ1) is 15.3. The summed E-state index contributed by atoms with van der Waals surface area (Å²) in [4.78, 5) is 15.2. The van der Waals surface area contributed by atoms with Gasteiger partial charge in [-0.3, -0.25) is 9.69 Å². The standard InChI is InChI=1S/C24H33N3O4S/c1-18-6-5-11-26(16-18)17-21-9-7-20(8-10-21)15-25-24(28)22-14-23(19(2)31-22)32(29,30)27-12-3-4-13-27/h7-10,14,18H,3-6,11-13,15-17H2,1-2H3,(H,25,28). The highest BCUT2D eigenvalue weighted by molar-refractivity contribution is 7.89. The van der Waals surface area contributed by atoms with Crippen LogP contribution in [0.15, 0.2) is 39.6 Å². The molecule has 2 fully saturated rings. The van der Waals surface area contributed by atoms with Gasteiger partial charge in [-0.2, -0.15) is 4.31 Å². The molecule has 0 bridgehead atoms. The average molecular weight is 460 g/mol. The maximum atomic E-state index is 12.8. The van der Waals surface area contributed by atoms with Crippen LogP contribution in [0.2, 0.25) is 0 Å². The van der Waals surface area contributed by atoms with Crippen molar-refractivity contribution in [2.24, 2.45) is 5.92 Å². The molecule has 0 saturated carbocycles. The summed E-state index contributed by atoms with van der Waals surface area (Å²) in [5.74, 6) is 0.617. The highest BCUT2D eigenvalue weighted by Crippen LogP contribution is 2.26. The van der Waals surface area contributed by atoms with Crippen molar-refractivity contribution in [3.05, 3.63) is 53.0 Å². The van der Waals surface area contributed by atoms with Crippen molar-refractivity contribution in [2.45, 2.75) is 57.5 Å². The third-order valence-corrected chi connectivity index (χ3v) is 8.41. The maximum absolute atomic E-state index is 12.8. The summed E-state index contributed by atoms with van der Waals surface area (Å²) >= 11 is 0. The molecular weight excluding hydrogens is 426 g/mol. The normalized spacial score (nSPS) is 20.5. The molecule has 1 aromatic heterocycles. The number of aryl methyl sites for hydroxylation is 1. The smallest absolute Gasteiger partial charge is 0.287 e. The van der Waals surface area contributed by atoms with Crippen LogP contribution in [-0.2, 0) is 23.1 Å². The van der Waals surface area contributed by atoms with Gasteiger partial charge in [0.1, 0.15) is 10.7 Å². The summed E-state index contributed by atoms with van der Waals surface area (Å²) in [7, 11) is -3.61. The van der Waals surface area contributed by atoms with E-state index in [1.165, 1.54) is 28.8 Å². The number of nitrogens with zero attached hydrogens (tertiary/aromatic N) is 2. The van der Waals surface area contributed by atoms with Gasteiger partial charge < -0.3 is 9.73 Å². The lowest BCUT2D eigenvalue weighted by Crippen LogP contribution is -2.33. The number of carbonyl (C=O) groups is 1. The minimum atomic E-state index is -3.61. The van der Waals surface area contributed by atoms with E-state index in [-0.39, 0.29) is 16.4 Å². The third kappa shape index (κ3) is 5.24. The predicted molar refractivity (Wildman–Crippen MR) is 123 cm³/mol. The SMILES string of the molecule is Cc1oc(C(=O)NCc2ccc(CN3CCCC(C)C3)cc2)cc1S(=O)(=O)N1CCCC1. The third-order valence-electron chi connectivity index (χ3n) is 6.40. The summed E-state index contributed by atoms with van der Waals surface area (Å²) in [6.45, 7) is 8.54. The second-order valence-corrected chi connectivity index (χ2v) is 11.0. The Morgan fingerprint density at radius 2 is 1.78 bits per heavy atom. The molecule has 0 aliphatic carbocycles. The van der Waals surface area contributed by atoms with Gasteiger partial charge in [0.15, 0.2) is 5.76 Å². The molecule has 2 saturated heterocycles. The molecule has 1 N–H and O–H groups in total. The second-order valence-electron chi connectivity index (χ2n) is 9.12. The number of rotatable bonds is 7. The minimum Gasteiger partial charge on any atom is -0.455 e. The highest BCUT2D eigenvalue weighted by Gasteiger charge is 2.31. The fourth-order valence-corrected chi connectivity index (χ4v) is 6.30. The first-order valence-corrected chi connectivity index (χ1v) is 13.0. The van der Waals surface area contributed by atoms with Crippen LogP contribution in [-0.4, -0.2) is 49.7 Å². The van der Waals surface area contributed by atoms with Gasteiger partial charge in [-0.1, -0.05) is 31.2 Å². The van der Waals surface area contributed by atoms with Gasteiger partial charge in [0.2, 0.25) is 10.0 Å². The summed E-state index contributed by atoms with van der Waals surface area (Å²) < 4.78 is 32.5. The van der Waals surface area contributed by atoms with Crippen LogP contribution < -0.4 is 5.32 Å².